The summed E-state index contributed by atoms with van der Waals surface area (Å²) in [6.45, 7) is 5.61. The number of nitrogens with zero attached hydrogens (tertiary/aromatic N) is 2. The van der Waals surface area contributed by atoms with E-state index in [0.717, 1.165) is 12.1 Å². The summed E-state index contributed by atoms with van der Waals surface area (Å²) in [4.78, 5) is 35.0. The monoisotopic (exact) mass is 314 g/mol. The molecule has 0 fully saturated rings. The van der Waals surface area contributed by atoms with Crippen LogP contribution in [-0.4, -0.2) is 34.8 Å². The van der Waals surface area contributed by atoms with E-state index in [2.05, 4.69) is 0 Å². The van der Waals surface area contributed by atoms with Crippen molar-refractivity contribution in [2.24, 2.45) is 0 Å². The summed E-state index contributed by atoms with van der Waals surface area (Å²) in [6, 6.07) is 2.08. The third-order valence-corrected chi connectivity index (χ3v) is 3.11. The van der Waals surface area contributed by atoms with E-state index in [1.165, 1.54) is 11.8 Å². The van der Waals surface area contributed by atoms with E-state index in [-0.39, 0.29) is 22.0 Å². The van der Waals surface area contributed by atoms with Gasteiger partial charge in [0.2, 0.25) is 0 Å². The molecule has 1 rings (SSSR count). The fourth-order valence-corrected chi connectivity index (χ4v) is 1.94. The molecule has 0 bridgehead atoms. The first-order valence-electron chi connectivity index (χ1n) is 6.27. The van der Waals surface area contributed by atoms with Crippen LogP contribution in [0.1, 0.15) is 31.1 Å². The van der Waals surface area contributed by atoms with E-state index in [1.54, 1.807) is 13.8 Å². The molecular formula is C13H15ClN2O5. The number of Topliss-reactive ketones (excluding diaryl/α,β-unsaturated/α-hetero) is 1. The number of carbonyl (C=O) groups is 2. The number of nitro benzene ring substituents is 1. The van der Waals surface area contributed by atoms with Crippen molar-refractivity contribution in [1.82, 2.24) is 4.90 Å². The fraction of sp³-hybridized carbons (Fsp3) is 0.385. The second-order valence-electron chi connectivity index (χ2n) is 4.16. The quantitative estimate of drug-likeness (QED) is 0.472. The molecule has 0 heterocycles. The molecule has 1 amide bonds. The molecule has 0 saturated carbocycles. The van der Waals surface area contributed by atoms with Gasteiger partial charge in [0.25, 0.3) is 5.69 Å². The number of hydrogen-bond donors (Lipinski definition) is 0. The Labute approximate surface area is 126 Å². The maximum Gasteiger partial charge on any atom is 0.415 e. The molecule has 0 aromatic heterocycles. The van der Waals surface area contributed by atoms with Gasteiger partial charge in [0.15, 0.2) is 11.5 Å². The van der Waals surface area contributed by atoms with Crippen molar-refractivity contribution in [3.05, 3.63) is 32.8 Å². The van der Waals surface area contributed by atoms with Gasteiger partial charge in [-0.3, -0.25) is 14.9 Å². The van der Waals surface area contributed by atoms with E-state index < -0.39 is 16.8 Å². The normalized spacial score (nSPS) is 10.1. The van der Waals surface area contributed by atoms with Crippen LogP contribution in [0.3, 0.4) is 0 Å². The van der Waals surface area contributed by atoms with Crippen molar-refractivity contribution in [1.29, 1.82) is 0 Å². The molecule has 8 heteroatoms. The topological polar surface area (TPSA) is 89.8 Å². The Morgan fingerprint density at radius 3 is 2.33 bits per heavy atom. The van der Waals surface area contributed by atoms with Crippen molar-refractivity contribution in [2.75, 3.05) is 13.1 Å². The molecular weight excluding hydrogens is 300 g/mol. The van der Waals surface area contributed by atoms with Gasteiger partial charge in [-0.05, 0) is 20.8 Å². The van der Waals surface area contributed by atoms with Gasteiger partial charge in [0.1, 0.15) is 0 Å². The Bertz CT molecular complexity index is 584. The van der Waals surface area contributed by atoms with Gasteiger partial charge >= 0.3 is 6.09 Å². The molecule has 0 aliphatic heterocycles. The second-order valence-corrected chi connectivity index (χ2v) is 4.57. The Balaban J connectivity index is 3.26. The number of carbonyl (C=O) groups excluding carboxylic acids is 2. The van der Waals surface area contributed by atoms with Gasteiger partial charge in [-0.25, -0.2) is 4.79 Å². The average molecular weight is 315 g/mol. The Morgan fingerprint density at radius 2 is 1.90 bits per heavy atom. The minimum Gasteiger partial charge on any atom is -0.408 e. The molecule has 0 aliphatic rings. The van der Waals surface area contributed by atoms with Gasteiger partial charge in [-0.2, -0.15) is 0 Å². The van der Waals surface area contributed by atoms with Crippen molar-refractivity contribution in [3.63, 3.8) is 0 Å². The predicted octanol–water partition coefficient (Wildman–Crippen LogP) is 3.29. The lowest BCUT2D eigenvalue weighted by molar-refractivity contribution is -0.384. The van der Waals surface area contributed by atoms with E-state index in [1.807, 2.05) is 0 Å². The predicted molar refractivity (Wildman–Crippen MR) is 77.1 cm³/mol. The number of ether oxygens (including phenoxy) is 1. The zero-order valence-corrected chi connectivity index (χ0v) is 12.6. The van der Waals surface area contributed by atoms with Crippen LogP contribution in [0.5, 0.6) is 5.75 Å². The number of non-ortho nitro benzene ring substituents is 1. The van der Waals surface area contributed by atoms with Crippen LogP contribution in [0.25, 0.3) is 0 Å². The van der Waals surface area contributed by atoms with Crippen molar-refractivity contribution < 1.29 is 19.2 Å². The van der Waals surface area contributed by atoms with E-state index in [4.69, 9.17) is 16.3 Å². The molecule has 7 nitrogen and oxygen atoms in total. The first-order valence-corrected chi connectivity index (χ1v) is 6.65. The second kappa shape index (κ2) is 7.03. The minimum atomic E-state index is -0.672. The van der Waals surface area contributed by atoms with Crippen LogP contribution < -0.4 is 4.74 Å². The summed E-state index contributed by atoms with van der Waals surface area (Å²) in [5.41, 5.74) is -0.442. The lowest BCUT2D eigenvalue weighted by Crippen LogP contribution is -2.33. The number of amides is 1. The summed E-state index contributed by atoms with van der Waals surface area (Å²) in [5, 5.41) is 10.6. The summed E-state index contributed by atoms with van der Waals surface area (Å²) in [6.07, 6.45) is -0.668. The Hall–Kier alpha value is -2.15. The SMILES string of the molecule is CCN(CC)C(=O)Oc1c(Cl)cc([N+](=O)[O-])cc1C(C)=O. The van der Waals surface area contributed by atoms with E-state index >= 15 is 0 Å². The highest BCUT2D eigenvalue weighted by molar-refractivity contribution is 6.33. The smallest absolute Gasteiger partial charge is 0.408 e. The molecule has 1 aromatic rings. The van der Waals surface area contributed by atoms with Crippen LogP contribution in [0.2, 0.25) is 5.02 Å². The minimum absolute atomic E-state index is 0.102. The van der Waals surface area contributed by atoms with Crippen molar-refractivity contribution in [2.45, 2.75) is 20.8 Å². The largest absolute Gasteiger partial charge is 0.415 e. The Kier molecular flexibility index (Phi) is 5.66. The van der Waals surface area contributed by atoms with Gasteiger partial charge < -0.3 is 9.64 Å². The maximum absolute atomic E-state index is 11.9. The Morgan fingerprint density at radius 1 is 1.33 bits per heavy atom. The van der Waals surface area contributed by atoms with Gasteiger partial charge in [0.05, 0.1) is 15.5 Å². The van der Waals surface area contributed by atoms with E-state index in [9.17, 15) is 19.7 Å². The zero-order chi connectivity index (χ0) is 16.2. The van der Waals surface area contributed by atoms with Crippen LogP contribution in [0.15, 0.2) is 12.1 Å². The van der Waals surface area contributed by atoms with Gasteiger partial charge in [-0.1, -0.05) is 11.6 Å². The molecule has 0 N–H and O–H groups in total. The highest BCUT2D eigenvalue weighted by Crippen LogP contribution is 2.34. The van der Waals surface area contributed by atoms with Gasteiger partial charge in [-0.15, -0.1) is 0 Å². The number of halogens is 1. The number of ketones is 1. The number of benzene rings is 1. The standard InChI is InChI=1S/C13H15ClN2O5/c1-4-15(5-2)13(18)21-12-10(8(3)17)6-9(16(19)20)7-11(12)14/h6-7H,4-5H2,1-3H3. The number of nitro groups is 1. The molecule has 0 atom stereocenters. The van der Waals surface area contributed by atoms with E-state index in [0.29, 0.717) is 13.1 Å². The third kappa shape index (κ3) is 3.91. The highest BCUT2D eigenvalue weighted by Gasteiger charge is 2.23. The van der Waals surface area contributed by atoms with Crippen LogP contribution >= 0.6 is 11.6 Å². The zero-order valence-electron chi connectivity index (χ0n) is 11.9. The fourth-order valence-electron chi connectivity index (χ4n) is 1.68. The average Bonchev–Trinajstić information content (AvgIpc) is 2.41. The number of hydrogen-bond acceptors (Lipinski definition) is 5. The lowest BCUT2D eigenvalue weighted by Gasteiger charge is -2.19. The first-order chi connectivity index (χ1) is 9.81. The molecule has 0 spiro atoms. The van der Waals surface area contributed by atoms with Gasteiger partial charge in [0, 0.05) is 25.2 Å². The first kappa shape index (κ1) is 16.9. The molecule has 114 valence electrons. The summed E-state index contributed by atoms with van der Waals surface area (Å²) in [7, 11) is 0. The summed E-state index contributed by atoms with van der Waals surface area (Å²) < 4.78 is 5.13. The van der Waals surface area contributed by atoms with Crippen LogP contribution in [0.4, 0.5) is 10.5 Å². The van der Waals surface area contributed by atoms with Crippen molar-refractivity contribution in [3.8, 4) is 5.75 Å². The molecule has 21 heavy (non-hydrogen) atoms. The number of rotatable bonds is 5. The van der Waals surface area contributed by atoms with Crippen LogP contribution in [-0.2, 0) is 0 Å². The molecule has 1 aromatic carbocycles. The van der Waals surface area contributed by atoms with Crippen LogP contribution in [0, 0.1) is 10.1 Å². The summed E-state index contributed by atoms with van der Waals surface area (Å²) in [5.74, 6) is -0.644. The van der Waals surface area contributed by atoms with Crippen molar-refractivity contribution >= 4 is 29.2 Å². The highest BCUT2D eigenvalue weighted by atomic mass is 35.5. The molecule has 0 radical (unpaired) electrons. The lowest BCUT2D eigenvalue weighted by atomic mass is 10.1. The third-order valence-electron chi connectivity index (χ3n) is 2.83. The maximum atomic E-state index is 11.9. The summed E-state index contributed by atoms with van der Waals surface area (Å²) >= 11 is 5.91. The molecule has 0 aliphatic carbocycles. The molecule has 0 saturated heterocycles. The molecule has 0 unspecified atom stereocenters.